The molecule has 1 aliphatic heterocycles. The lowest BCUT2D eigenvalue weighted by Gasteiger charge is -1.91. The van der Waals surface area contributed by atoms with E-state index >= 15 is 0 Å². The van der Waals surface area contributed by atoms with Gasteiger partial charge in [0.05, 0.1) is 38.8 Å². The molecule has 0 radical (unpaired) electrons. The highest BCUT2D eigenvalue weighted by Crippen LogP contribution is 2.25. The van der Waals surface area contributed by atoms with Crippen molar-refractivity contribution in [3.05, 3.63) is 120 Å². The van der Waals surface area contributed by atoms with Gasteiger partial charge in [-0.2, -0.15) is 0 Å². The van der Waals surface area contributed by atoms with E-state index in [0.717, 1.165) is 62.7 Å². The van der Waals surface area contributed by atoms with Gasteiger partial charge in [0.15, 0.2) is 0 Å². The van der Waals surface area contributed by atoms with Crippen LogP contribution in [-0.2, 0) is 6.42 Å². The molecule has 4 aromatic carbocycles. The number of para-hydroxylation sites is 7. The largest absolute Gasteiger partial charge is 0.342 e. The fraction of sp³-hybridized carbons (Fsp3) is 0.349. The first-order chi connectivity index (χ1) is 23.4. The van der Waals surface area contributed by atoms with Gasteiger partial charge in [-0.3, -0.25) is 4.99 Å². The first kappa shape index (κ1) is 47.1. The average Bonchev–Trinajstić information content (AvgIpc) is 3.91. The molecule has 7 aromatic rings. The smallest absolute Gasteiger partial charge is 0.104 e. The fourth-order valence-electron chi connectivity index (χ4n) is 4.53. The van der Waals surface area contributed by atoms with Gasteiger partial charge in [0.25, 0.3) is 0 Å². The molecule has 4 heterocycles. The van der Waals surface area contributed by atoms with Crippen LogP contribution in [0.25, 0.3) is 33.1 Å². The maximum atomic E-state index is 4.37. The number of rotatable bonds is 0. The maximum absolute atomic E-state index is 4.37. The molecule has 0 bridgehead atoms. The molecule has 7 heteroatoms. The standard InChI is InChI=1S/C9H9N.3C8H8N2.4C2H6.2CH4/c1-7-6-8-4-2-3-5-9(8)10-7;3*1-6-9-7-4-2-3-5-8(7)10-6;4*1-2;;/h2-5H,6H2,1H3;3*2-5H,1H3,(H,9,10);4*1-2H3;2*1H4. The summed E-state index contributed by atoms with van der Waals surface area (Å²) >= 11 is 0. The van der Waals surface area contributed by atoms with Crippen molar-refractivity contribution in [3.63, 3.8) is 0 Å². The van der Waals surface area contributed by atoms with Gasteiger partial charge in [-0.15, -0.1) is 0 Å². The highest BCUT2D eigenvalue weighted by molar-refractivity contribution is 5.91. The zero-order chi connectivity index (χ0) is 35.9. The molecule has 272 valence electrons. The van der Waals surface area contributed by atoms with E-state index in [1.165, 1.54) is 11.3 Å². The second-order valence-corrected chi connectivity index (χ2v) is 9.67. The van der Waals surface area contributed by atoms with Crippen LogP contribution in [0, 0.1) is 20.8 Å². The van der Waals surface area contributed by atoms with Crippen molar-refractivity contribution in [2.75, 3.05) is 0 Å². The number of H-pyrrole nitrogens is 3. The molecule has 0 aliphatic carbocycles. The van der Waals surface area contributed by atoms with Crippen LogP contribution >= 0.6 is 0 Å². The third kappa shape index (κ3) is 15.0. The van der Waals surface area contributed by atoms with E-state index in [9.17, 15) is 0 Å². The monoisotopic (exact) mass is 680 g/mol. The Bertz CT molecular complexity index is 1620. The molecule has 0 amide bonds. The lowest BCUT2D eigenvalue weighted by atomic mass is 10.1. The van der Waals surface area contributed by atoms with Crippen molar-refractivity contribution in [1.82, 2.24) is 29.9 Å². The number of nitrogens with one attached hydrogen (secondary N) is 3. The first-order valence-corrected chi connectivity index (χ1v) is 17.3. The topological polar surface area (TPSA) is 98.4 Å². The van der Waals surface area contributed by atoms with Gasteiger partial charge in [0, 0.05) is 12.1 Å². The van der Waals surface area contributed by atoms with E-state index in [1.54, 1.807) is 0 Å². The highest BCUT2D eigenvalue weighted by atomic mass is 14.9. The zero-order valence-electron chi connectivity index (χ0n) is 31.2. The number of aromatic amines is 3. The lowest BCUT2D eigenvalue weighted by molar-refractivity contribution is 1.17. The van der Waals surface area contributed by atoms with Gasteiger partial charge in [0.1, 0.15) is 17.5 Å². The summed E-state index contributed by atoms with van der Waals surface area (Å²) in [5, 5.41) is 0. The summed E-state index contributed by atoms with van der Waals surface area (Å²) in [5.74, 6) is 2.92. The fourth-order valence-corrected chi connectivity index (χ4v) is 4.53. The molecule has 0 saturated heterocycles. The summed E-state index contributed by atoms with van der Waals surface area (Å²) in [7, 11) is 0. The molecule has 50 heavy (non-hydrogen) atoms. The summed E-state index contributed by atoms with van der Waals surface area (Å²) in [4.78, 5) is 26.6. The van der Waals surface area contributed by atoms with Gasteiger partial charge in [-0.1, -0.05) is 125 Å². The van der Waals surface area contributed by atoms with Crippen LogP contribution in [0.5, 0.6) is 0 Å². The number of benzene rings is 4. The Balaban J connectivity index is 0. The number of imidazole rings is 3. The minimum absolute atomic E-state index is 0. The molecule has 3 N–H and O–H groups in total. The third-order valence-electron chi connectivity index (χ3n) is 6.27. The number of fused-ring (bicyclic) bond motifs is 4. The molecule has 0 fully saturated rings. The van der Waals surface area contributed by atoms with Gasteiger partial charge in [-0.05, 0) is 75.7 Å². The molecule has 8 rings (SSSR count). The lowest BCUT2D eigenvalue weighted by Crippen LogP contribution is -1.87. The third-order valence-corrected chi connectivity index (χ3v) is 6.27. The summed E-state index contributed by atoms with van der Waals surface area (Å²) in [6.45, 7) is 23.9. The van der Waals surface area contributed by atoms with Crippen LogP contribution in [0.2, 0.25) is 0 Å². The maximum Gasteiger partial charge on any atom is 0.104 e. The van der Waals surface area contributed by atoms with E-state index < -0.39 is 0 Å². The molecule has 0 saturated carbocycles. The van der Waals surface area contributed by atoms with Crippen molar-refractivity contribution < 1.29 is 0 Å². The quantitative estimate of drug-likeness (QED) is 0.149. The predicted molar refractivity (Wildman–Crippen MR) is 224 cm³/mol. The number of hydrogen-bond acceptors (Lipinski definition) is 4. The molecular weight excluding hydrogens is 615 g/mol. The minimum Gasteiger partial charge on any atom is -0.342 e. The molecule has 0 spiro atoms. The summed E-state index contributed by atoms with van der Waals surface area (Å²) in [6, 6.07) is 32.3. The molecule has 3 aromatic heterocycles. The van der Waals surface area contributed by atoms with Crippen LogP contribution in [0.15, 0.2) is 102 Å². The Morgan fingerprint density at radius 2 is 0.720 bits per heavy atom. The van der Waals surface area contributed by atoms with E-state index in [2.05, 4.69) is 60.0 Å². The average molecular weight is 680 g/mol. The van der Waals surface area contributed by atoms with Crippen LogP contribution in [-0.4, -0.2) is 35.6 Å². The van der Waals surface area contributed by atoms with Crippen LogP contribution < -0.4 is 0 Å². The van der Waals surface area contributed by atoms with E-state index in [4.69, 9.17) is 0 Å². The van der Waals surface area contributed by atoms with Crippen molar-refractivity contribution >= 4 is 44.5 Å². The van der Waals surface area contributed by atoms with Crippen molar-refractivity contribution in [2.45, 2.75) is 104 Å². The number of aliphatic imine (C=N–C) groups is 1. The van der Waals surface area contributed by atoms with E-state index in [0.29, 0.717) is 0 Å². The van der Waals surface area contributed by atoms with E-state index in [1.807, 2.05) is 155 Å². The summed E-state index contributed by atoms with van der Waals surface area (Å²) in [6.07, 6.45) is 1.04. The number of nitrogens with zero attached hydrogens (tertiary/aromatic N) is 4. The zero-order valence-corrected chi connectivity index (χ0v) is 31.2. The second kappa shape index (κ2) is 26.9. The summed E-state index contributed by atoms with van der Waals surface area (Å²) in [5.41, 5.74) is 10.2. The molecule has 0 atom stereocenters. The Morgan fingerprint density at radius 1 is 0.420 bits per heavy atom. The van der Waals surface area contributed by atoms with E-state index in [-0.39, 0.29) is 14.9 Å². The molecule has 7 nitrogen and oxygen atoms in total. The second-order valence-electron chi connectivity index (χ2n) is 9.67. The van der Waals surface area contributed by atoms with Crippen LogP contribution in [0.4, 0.5) is 5.69 Å². The molecule has 1 aliphatic rings. The van der Waals surface area contributed by atoms with Crippen LogP contribution in [0.3, 0.4) is 0 Å². The SMILES string of the molecule is C.C.CC.CC.CC.CC.CC1=Nc2ccccc2C1.Cc1nc2ccccc2[nH]1.Cc1nc2ccccc2[nH]1.Cc1nc2ccccc2[nH]1. The predicted octanol–water partition coefficient (Wildman–Crippen LogP) is 13.3. The van der Waals surface area contributed by atoms with Gasteiger partial charge >= 0.3 is 0 Å². The number of aryl methyl sites for hydroxylation is 3. The van der Waals surface area contributed by atoms with Crippen molar-refractivity contribution in [2.24, 2.45) is 4.99 Å². The normalized spacial score (nSPS) is 9.72. The van der Waals surface area contributed by atoms with Crippen LogP contribution in [0.1, 0.15) is 100 Å². The summed E-state index contributed by atoms with van der Waals surface area (Å²) < 4.78 is 0. The van der Waals surface area contributed by atoms with Gasteiger partial charge in [0.2, 0.25) is 0 Å². The van der Waals surface area contributed by atoms with Crippen molar-refractivity contribution in [1.29, 1.82) is 0 Å². The Hall–Kier alpha value is -5.04. The Morgan fingerprint density at radius 3 is 1.04 bits per heavy atom. The number of aromatic nitrogens is 6. The minimum atomic E-state index is 0. The Labute approximate surface area is 303 Å². The van der Waals surface area contributed by atoms with Gasteiger partial charge in [-0.25, -0.2) is 15.0 Å². The first-order valence-electron chi connectivity index (χ1n) is 17.3. The molecule has 0 unspecified atom stereocenters. The number of hydrogen-bond donors (Lipinski definition) is 3. The molecular formula is C43H65N7. The Kier molecular flexibility index (Phi) is 25.3. The van der Waals surface area contributed by atoms with Crippen molar-refractivity contribution in [3.8, 4) is 0 Å². The van der Waals surface area contributed by atoms with Gasteiger partial charge < -0.3 is 15.0 Å². The highest BCUT2D eigenvalue weighted by Gasteiger charge is 2.08.